The van der Waals surface area contributed by atoms with Crippen LogP contribution >= 0.6 is 0 Å². The molecule has 96 valence electrons. The minimum absolute atomic E-state index is 0.0246. The van der Waals surface area contributed by atoms with Crippen LogP contribution in [0.4, 0.5) is 0 Å². The van der Waals surface area contributed by atoms with Gasteiger partial charge in [0.25, 0.3) is 0 Å². The fraction of sp³-hybridized carbons (Fsp3) is 0.571. The second-order valence-corrected chi connectivity index (χ2v) is 5.23. The van der Waals surface area contributed by atoms with Crippen molar-refractivity contribution in [1.82, 2.24) is 0 Å². The van der Waals surface area contributed by atoms with Crippen LogP contribution in [0.15, 0.2) is 24.3 Å². The number of nitrogens with two attached hydrogens (primary N) is 1. The zero-order chi connectivity index (χ0) is 13.1. The van der Waals surface area contributed by atoms with Gasteiger partial charge < -0.3 is 15.2 Å². The van der Waals surface area contributed by atoms with Gasteiger partial charge in [0.1, 0.15) is 5.75 Å². The maximum atomic E-state index is 6.17. The molecular formula is C14H23NO2. The molecule has 3 nitrogen and oxygen atoms in total. The van der Waals surface area contributed by atoms with Gasteiger partial charge in [-0.15, -0.1) is 0 Å². The largest absolute Gasteiger partial charge is 0.497 e. The Balaban J connectivity index is 2.71. The third-order valence-electron chi connectivity index (χ3n) is 2.55. The summed E-state index contributed by atoms with van der Waals surface area (Å²) in [5, 5.41) is 0. The number of methoxy groups -OCH3 is 1. The van der Waals surface area contributed by atoms with Crippen LogP contribution in [0.5, 0.6) is 5.75 Å². The van der Waals surface area contributed by atoms with Crippen LogP contribution in [0.25, 0.3) is 0 Å². The molecule has 0 bridgehead atoms. The van der Waals surface area contributed by atoms with E-state index in [2.05, 4.69) is 0 Å². The van der Waals surface area contributed by atoms with E-state index in [1.165, 1.54) is 0 Å². The van der Waals surface area contributed by atoms with Gasteiger partial charge in [-0.2, -0.15) is 0 Å². The molecule has 0 amide bonds. The normalized spacial score (nSPS) is 15.4. The molecular weight excluding hydrogens is 214 g/mol. The van der Waals surface area contributed by atoms with Crippen molar-refractivity contribution in [1.29, 1.82) is 0 Å². The van der Waals surface area contributed by atoms with Crippen LogP contribution < -0.4 is 10.5 Å². The molecule has 2 unspecified atom stereocenters. The molecule has 0 saturated heterocycles. The van der Waals surface area contributed by atoms with Crippen molar-refractivity contribution >= 4 is 0 Å². The van der Waals surface area contributed by atoms with Crippen molar-refractivity contribution < 1.29 is 9.47 Å². The number of hydrogen-bond donors (Lipinski definition) is 1. The molecule has 0 radical (unpaired) electrons. The average Bonchev–Trinajstić information content (AvgIpc) is 2.26. The Morgan fingerprint density at radius 2 is 1.65 bits per heavy atom. The van der Waals surface area contributed by atoms with E-state index in [0.717, 1.165) is 11.3 Å². The molecule has 3 heteroatoms. The summed E-state index contributed by atoms with van der Waals surface area (Å²) >= 11 is 0. The van der Waals surface area contributed by atoms with Gasteiger partial charge >= 0.3 is 0 Å². The number of benzene rings is 1. The van der Waals surface area contributed by atoms with E-state index < -0.39 is 0 Å². The van der Waals surface area contributed by atoms with E-state index in [9.17, 15) is 0 Å². The van der Waals surface area contributed by atoms with E-state index in [-0.39, 0.29) is 17.7 Å². The maximum Gasteiger partial charge on any atom is 0.118 e. The molecule has 2 atom stereocenters. The quantitative estimate of drug-likeness (QED) is 0.875. The molecule has 0 aromatic heterocycles. The number of hydrogen-bond acceptors (Lipinski definition) is 3. The minimum atomic E-state index is -0.177. The highest BCUT2D eigenvalue weighted by Gasteiger charge is 2.21. The number of rotatable bonds is 4. The Labute approximate surface area is 104 Å². The highest BCUT2D eigenvalue weighted by atomic mass is 16.5. The van der Waals surface area contributed by atoms with E-state index in [1.54, 1.807) is 7.11 Å². The predicted octanol–water partition coefficient (Wildman–Crippen LogP) is 2.90. The zero-order valence-electron chi connectivity index (χ0n) is 11.4. The second kappa shape index (κ2) is 5.52. The highest BCUT2D eigenvalue weighted by Crippen LogP contribution is 2.23. The van der Waals surface area contributed by atoms with Crippen molar-refractivity contribution in [3.05, 3.63) is 29.8 Å². The van der Waals surface area contributed by atoms with Crippen molar-refractivity contribution in [2.75, 3.05) is 7.11 Å². The molecule has 17 heavy (non-hydrogen) atoms. The summed E-state index contributed by atoms with van der Waals surface area (Å²) in [4.78, 5) is 0. The van der Waals surface area contributed by atoms with E-state index >= 15 is 0 Å². The first-order valence-corrected chi connectivity index (χ1v) is 5.91. The standard InChI is InChI=1S/C14H23NO2/c1-10(17-14(2,3)4)13(15)11-6-8-12(16-5)9-7-11/h6-10,13H,15H2,1-5H3. The summed E-state index contributed by atoms with van der Waals surface area (Å²) in [5.74, 6) is 0.838. The topological polar surface area (TPSA) is 44.5 Å². The summed E-state index contributed by atoms with van der Waals surface area (Å²) in [6.07, 6.45) is -0.0246. The minimum Gasteiger partial charge on any atom is -0.497 e. The monoisotopic (exact) mass is 237 g/mol. The smallest absolute Gasteiger partial charge is 0.118 e. The lowest BCUT2D eigenvalue weighted by molar-refractivity contribution is -0.0617. The van der Waals surface area contributed by atoms with Crippen LogP contribution in [-0.4, -0.2) is 18.8 Å². The van der Waals surface area contributed by atoms with Gasteiger partial charge in [0, 0.05) is 0 Å². The lowest BCUT2D eigenvalue weighted by Crippen LogP contribution is -2.33. The van der Waals surface area contributed by atoms with Crippen LogP contribution in [0.1, 0.15) is 39.3 Å². The van der Waals surface area contributed by atoms with Crippen LogP contribution in [-0.2, 0) is 4.74 Å². The Hall–Kier alpha value is -1.06. The van der Waals surface area contributed by atoms with Gasteiger partial charge in [-0.25, -0.2) is 0 Å². The van der Waals surface area contributed by atoms with Crippen molar-refractivity contribution in [2.45, 2.75) is 45.4 Å². The lowest BCUT2D eigenvalue weighted by atomic mass is 10.0. The Kier molecular flexibility index (Phi) is 4.54. The van der Waals surface area contributed by atoms with Crippen LogP contribution in [0.2, 0.25) is 0 Å². The van der Waals surface area contributed by atoms with Gasteiger partial charge in [-0.05, 0) is 45.4 Å². The molecule has 0 spiro atoms. The molecule has 0 aliphatic heterocycles. The summed E-state index contributed by atoms with van der Waals surface area (Å²) in [6, 6.07) is 7.66. The van der Waals surface area contributed by atoms with Gasteiger partial charge in [-0.1, -0.05) is 12.1 Å². The van der Waals surface area contributed by atoms with Crippen molar-refractivity contribution in [3.63, 3.8) is 0 Å². The van der Waals surface area contributed by atoms with Crippen LogP contribution in [0, 0.1) is 0 Å². The van der Waals surface area contributed by atoms with Gasteiger partial charge in [-0.3, -0.25) is 0 Å². The molecule has 0 heterocycles. The molecule has 0 saturated carbocycles. The summed E-state index contributed by atoms with van der Waals surface area (Å²) in [6.45, 7) is 8.10. The fourth-order valence-corrected chi connectivity index (χ4v) is 1.73. The molecule has 1 rings (SSSR count). The van der Waals surface area contributed by atoms with E-state index in [0.29, 0.717) is 0 Å². The molecule has 1 aromatic rings. The second-order valence-electron chi connectivity index (χ2n) is 5.23. The third kappa shape index (κ3) is 4.36. The first-order chi connectivity index (χ1) is 7.83. The summed E-state index contributed by atoms with van der Waals surface area (Å²) in [7, 11) is 1.65. The van der Waals surface area contributed by atoms with Gasteiger partial charge in [0.05, 0.1) is 24.9 Å². The molecule has 0 aliphatic rings. The predicted molar refractivity (Wildman–Crippen MR) is 70.2 cm³/mol. The molecule has 0 aliphatic carbocycles. The SMILES string of the molecule is COc1ccc(C(N)C(C)OC(C)(C)C)cc1. The van der Waals surface area contributed by atoms with Crippen molar-refractivity contribution in [2.24, 2.45) is 5.73 Å². The zero-order valence-corrected chi connectivity index (χ0v) is 11.4. The van der Waals surface area contributed by atoms with Gasteiger partial charge in [0.2, 0.25) is 0 Å². The highest BCUT2D eigenvalue weighted by molar-refractivity contribution is 5.29. The Morgan fingerprint density at radius 3 is 2.06 bits per heavy atom. The molecule has 0 fully saturated rings. The first kappa shape index (κ1) is 14.0. The third-order valence-corrected chi connectivity index (χ3v) is 2.55. The van der Waals surface area contributed by atoms with Gasteiger partial charge in [0.15, 0.2) is 0 Å². The average molecular weight is 237 g/mol. The van der Waals surface area contributed by atoms with Crippen molar-refractivity contribution in [3.8, 4) is 5.75 Å². The Morgan fingerprint density at radius 1 is 1.12 bits per heavy atom. The summed E-state index contributed by atoms with van der Waals surface area (Å²) < 4.78 is 11.0. The Bertz CT molecular complexity index is 340. The lowest BCUT2D eigenvalue weighted by Gasteiger charge is -2.29. The van der Waals surface area contributed by atoms with E-state index in [1.807, 2.05) is 52.0 Å². The summed E-state index contributed by atoms with van der Waals surface area (Å²) in [5.41, 5.74) is 7.05. The maximum absolute atomic E-state index is 6.17. The fourth-order valence-electron chi connectivity index (χ4n) is 1.73. The first-order valence-electron chi connectivity index (χ1n) is 5.91. The van der Waals surface area contributed by atoms with Crippen LogP contribution in [0.3, 0.4) is 0 Å². The molecule has 1 aromatic carbocycles. The molecule has 2 N–H and O–H groups in total. The number of ether oxygens (including phenoxy) is 2. The van der Waals surface area contributed by atoms with E-state index in [4.69, 9.17) is 15.2 Å².